The van der Waals surface area contributed by atoms with Crippen LogP contribution in [0.15, 0.2) is 89.3 Å². The van der Waals surface area contributed by atoms with Gasteiger partial charge >= 0.3 is 0 Å². The molecule has 0 aliphatic carbocycles. The van der Waals surface area contributed by atoms with Crippen LogP contribution in [-0.4, -0.2) is 30.8 Å². The fourth-order valence-electron chi connectivity index (χ4n) is 3.22. The highest BCUT2D eigenvalue weighted by molar-refractivity contribution is 8.00. The average Bonchev–Trinajstić information content (AvgIpc) is 3.29. The SMILES string of the molecule is CS(=O)(=O)N(Cc1ccccc1)c1ccccc1C(=O)Nc1nnc(SCc2ccccc2)s1. The Morgan fingerprint density at radius 3 is 2.21 bits per heavy atom. The topological polar surface area (TPSA) is 92.3 Å². The van der Waals surface area contributed by atoms with Crippen molar-refractivity contribution in [1.29, 1.82) is 0 Å². The number of hydrogen-bond donors (Lipinski definition) is 1. The second-order valence-corrected chi connectivity index (χ2v) is 11.5. The number of carbonyl (C=O) groups excluding carboxylic acids is 1. The number of rotatable bonds is 9. The fraction of sp³-hybridized carbons (Fsp3) is 0.125. The van der Waals surface area contributed by atoms with Crippen molar-refractivity contribution >= 4 is 49.8 Å². The fourth-order valence-corrected chi connectivity index (χ4v) is 5.82. The van der Waals surface area contributed by atoms with Gasteiger partial charge in [-0.15, -0.1) is 10.2 Å². The van der Waals surface area contributed by atoms with Crippen molar-refractivity contribution in [2.45, 2.75) is 16.6 Å². The lowest BCUT2D eigenvalue weighted by Crippen LogP contribution is -2.31. The summed E-state index contributed by atoms with van der Waals surface area (Å²) in [5.74, 6) is 0.294. The molecular formula is C24H22N4O3S3. The zero-order valence-electron chi connectivity index (χ0n) is 18.3. The highest BCUT2D eigenvalue weighted by atomic mass is 32.2. The molecule has 0 saturated carbocycles. The van der Waals surface area contributed by atoms with Gasteiger partial charge in [-0.2, -0.15) is 0 Å². The first-order chi connectivity index (χ1) is 16.4. The number of amides is 1. The van der Waals surface area contributed by atoms with Crippen molar-refractivity contribution in [2.24, 2.45) is 0 Å². The maximum atomic E-state index is 13.1. The first-order valence-corrected chi connectivity index (χ1v) is 14.0. The minimum Gasteiger partial charge on any atom is -0.296 e. The molecule has 1 amide bonds. The number of carbonyl (C=O) groups is 1. The van der Waals surface area contributed by atoms with Crippen LogP contribution in [0, 0.1) is 0 Å². The summed E-state index contributed by atoms with van der Waals surface area (Å²) >= 11 is 2.81. The highest BCUT2D eigenvalue weighted by Crippen LogP contribution is 2.30. The minimum atomic E-state index is -3.65. The predicted molar refractivity (Wildman–Crippen MR) is 138 cm³/mol. The first-order valence-electron chi connectivity index (χ1n) is 10.3. The summed E-state index contributed by atoms with van der Waals surface area (Å²) in [5, 5.41) is 11.3. The number of nitrogens with zero attached hydrogens (tertiary/aromatic N) is 3. The van der Waals surface area contributed by atoms with Gasteiger partial charge in [0.25, 0.3) is 5.91 Å². The van der Waals surface area contributed by atoms with E-state index in [1.165, 1.54) is 33.0 Å². The van der Waals surface area contributed by atoms with Crippen molar-refractivity contribution in [3.63, 3.8) is 0 Å². The maximum Gasteiger partial charge on any atom is 0.259 e. The quantitative estimate of drug-likeness (QED) is 0.250. The molecule has 0 aliphatic rings. The summed E-state index contributed by atoms with van der Waals surface area (Å²) in [5.41, 5.74) is 2.51. The lowest BCUT2D eigenvalue weighted by molar-refractivity contribution is 0.102. The molecule has 0 fully saturated rings. The van der Waals surface area contributed by atoms with Crippen LogP contribution in [-0.2, 0) is 22.3 Å². The number of benzene rings is 3. The van der Waals surface area contributed by atoms with Crippen molar-refractivity contribution in [2.75, 3.05) is 15.9 Å². The summed E-state index contributed by atoms with van der Waals surface area (Å²) in [6, 6.07) is 25.9. The van der Waals surface area contributed by atoms with E-state index >= 15 is 0 Å². The molecule has 10 heteroatoms. The van der Waals surface area contributed by atoms with Gasteiger partial charge in [-0.25, -0.2) is 8.42 Å². The number of nitrogens with one attached hydrogen (secondary N) is 1. The Bertz CT molecular complexity index is 1360. The second kappa shape index (κ2) is 10.8. The van der Waals surface area contributed by atoms with E-state index in [2.05, 4.69) is 15.5 Å². The van der Waals surface area contributed by atoms with Gasteiger partial charge in [-0.3, -0.25) is 14.4 Å². The molecule has 0 bridgehead atoms. The molecule has 0 saturated heterocycles. The molecule has 34 heavy (non-hydrogen) atoms. The van der Waals surface area contributed by atoms with Crippen molar-refractivity contribution in [3.8, 4) is 0 Å². The third-order valence-electron chi connectivity index (χ3n) is 4.82. The van der Waals surface area contributed by atoms with Crippen LogP contribution in [0.2, 0.25) is 0 Å². The zero-order valence-corrected chi connectivity index (χ0v) is 20.7. The Labute approximate surface area is 206 Å². The molecule has 0 atom stereocenters. The Morgan fingerprint density at radius 2 is 1.53 bits per heavy atom. The monoisotopic (exact) mass is 510 g/mol. The summed E-state index contributed by atoms with van der Waals surface area (Å²) in [6.07, 6.45) is 1.13. The van der Waals surface area contributed by atoms with Crippen molar-refractivity contribution in [1.82, 2.24) is 10.2 Å². The summed E-state index contributed by atoms with van der Waals surface area (Å²) in [4.78, 5) is 13.1. The van der Waals surface area contributed by atoms with E-state index in [0.29, 0.717) is 10.8 Å². The van der Waals surface area contributed by atoms with Crippen LogP contribution < -0.4 is 9.62 Å². The minimum absolute atomic E-state index is 0.114. The molecule has 4 rings (SSSR count). The van der Waals surface area contributed by atoms with E-state index in [0.717, 1.165) is 21.9 Å². The van der Waals surface area contributed by atoms with E-state index in [-0.39, 0.29) is 12.1 Å². The largest absolute Gasteiger partial charge is 0.296 e. The first kappa shape index (κ1) is 23.9. The Hall–Kier alpha value is -3.21. The molecule has 174 valence electrons. The number of thioether (sulfide) groups is 1. The third kappa shape index (κ3) is 6.22. The summed E-state index contributed by atoms with van der Waals surface area (Å²) in [7, 11) is -3.65. The maximum absolute atomic E-state index is 13.1. The van der Waals surface area contributed by atoms with Crippen LogP contribution in [0.5, 0.6) is 0 Å². The molecular weight excluding hydrogens is 488 g/mol. The average molecular weight is 511 g/mol. The van der Waals surface area contributed by atoms with Gasteiger partial charge in [-0.05, 0) is 23.3 Å². The number of aromatic nitrogens is 2. The Balaban J connectivity index is 1.51. The normalized spacial score (nSPS) is 11.2. The Kier molecular flexibility index (Phi) is 7.61. The molecule has 1 heterocycles. The van der Waals surface area contributed by atoms with Crippen molar-refractivity contribution in [3.05, 3.63) is 102 Å². The van der Waals surface area contributed by atoms with E-state index < -0.39 is 15.9 Å². The lowest BCUT2D eigenvalue weighted by atomic mass is 10.1. The van der Waals surface area contributed by atoms with E-state index in [4.69, 9.17) is 0 Å². The molecule has 0 aliphatic heterocycles. The number of sulfonamides is 1. The standard InChI is InChI=1S/C24H22N4O3S3/c1-34(30,31)28(16-18-10-4-2-5-11-18)21-15-9-8-14-20(21)22(29)25-23-26-27-24(33-23)32-17-19-12-6-3-7-13-19/h2-15H,16-17H2,1H3,(H,25,26,29). The number of hydrogen-bond acceptors (Lipinski definition) is 7. The molecule has 4 aromatic rings. The molecule has 1 N–H and O–H groups in total. The van der Waals surface area contributed by atoms with E-state index in [9.17, 15) is 13.2 Å². The predicted octanol–water partition coefficient (Wildman–Crippen LogP) is 5.05. The van der Waals surface area contributed by atoms with Gasteiger partial charge in [-0.1, -0.05) is 95.9 Å². The molecule has 0 spiro atoms. The second-order valence-electron chi connectivity index (χ2n) is 7.37. The molecule has 1 aromatic heterocycles. The lowest BCUT2D eigenvalue weighted by Gasteiger charge is -2.24. The van der Waals surface area contributed by atoms with Crippen LogP contribution in [0.4, 0.5) is 10.8 Å². The van der Waals surface area contributed by atoms with Crippen LogP contribution in [0.25, 0.3) is 0 Å². The molecule has 7 nitrogen and oxygen atoms in total. The third-order valence-corrected chi connectivity index (χ3v) is 7.99. The van der Waals surface area contributed by atoms with Gasteiger partial charge < -0.3 is 0 Å². The summed E-state index contributed by atoms with van der Waals surface area (Å²) < 4.78 is 27.2. The van der Waals surface area contributed by atoms with Crippen molar-refractivity contribution < 1.29 is 13.2 Å². The molecule has 0 unspecified atom stereocenters. The molecule has 0 radical (unpaired) electrons. The number of para-hydroxylation sites is 1. The number of anilines is 2. The van der Waals surface area contributed by atoms with E-state index in [1.54, 1.807) is 24.3 Å². The van der Waals surface area contributed by atoms with Crippen LogP contribution in [0.1, 0.15) is 21.5 Å². The van der Waals surface area contributed by atoms with E-state index in [1.807, 2.05) is 60.7 Å². The smallest absolute Gasteiger partial charge is 0.259 e. The zero-order chi connectivity index (χ0) is 24.0. The van der Waals surface area contributed by atoms with Gasteiger partial charge in [0, 0.05) is 5.75 Å². The Morgan fingerprint density at radius 1 is 0.912 bits per heavy atom. The van der Waals surface area contributed by atoms with Gasteiger partial charge in [0.1, 0.15) is 0 Å². The summed E-state index contributed by atoms with van der Waals surface area (Å²) in [6.45, 7) is 0.114. The van der Waals surface area contributed by atoms with Gasteiger partial charge in [0.05, 0.1) is 24.1 Å². The molecule has 3 aromatic carbocycles. The van der Waals surface area contributed by atoms with Gasteiger partial charge in [0.2, 0.25) is 15.2 Å². The van der Waals surface area contributed by atoms with Gasteiger partial charge in [0.15, 0.2) is 4.34 Å². The highest BCUT2D eigenvalue weighted by Gasteiger charge is 2.24. The van der Waals surface area contributed by atoms with Crippen LogP contribution in [0.3, 0.4) is 0 Å². The van der Waals surface area contributed by atoms with Crippen LogP contribution >= 0.6 is 23.1 Å².